The number of nitrogens with two attached hydrogens (primary N) is 1. The van der Waals surface area contributed by atoms with Crippen LogP contribution < -0.4 is 5.73 Å². The number of hydrogen-bond acceptors (Lipinski definition) is 2. The van der Waals surface area contributed by atoms with Gasteiger partial charge < -0.3 is 5.73 Å². The first-order valence-electron chi connectivity index (χ1n) is 5.24. The summed E-state index contributed by atoms with van der Waals surface area (Å²) in [7, 11) is 0. The number of fused-ring (bicyclic) bond motifs is 1. The largest absolute Gasteiger partial charge is 0.384 e. The summed E-state index contributed by atoms with van der Waals surface area (Å²) in [4.78, 5) is 4.00. The van der Waals surface area contributed by atoms with Crippen LogP contribution in [0.25, 0.3) is 16.6 Å². The molecule has 17 heavy (non-hydrogen) atoms. The molecule has 0 saturated heterocycles. The predicted molar refractivity (Wildman–Crippen MR) is 70.5 cm³/mol. The molecule has 1 aromatic carbocycles. The molecule has 0 radical (unpaired) electrons. The van der Waals surface area contributed by atoms with Gasteiger partial charge in [0.05, 0.1) is 16.2 Å². The first kappa shape index (κ1) is 10.2. The molecular weight excluding hydrogens is 234 g/mol. The van der Waals surface area contributed by atoms with Crippen molar-refractivity contribution in [1.82, 2.24) is 9.55 Å². The maximum absolute atomic E-state index is 6.24. The molecule has 0 atom stereocenters. The van der Waals surface area contributed by atoms with Crippen molar-refractivity contribution >= 4 is 28.3 Å². The van der Waals surface area contributed by atoms with Crippen LogP contribution in [0.4, 0.5) is 5.82 Å². The molecule has 2 N–H and O–H groups in total. The summed E-state index contributed by atoms with van der Waals surface area (Å²) in [6, 6.07) is 11.7. The molecular formula is C13H10ClN3. The van der Waals surface area contributed by atoms with E-state index in [9.17, 15) is 0 Å². The maximum atomic E-state index is 6.24. The monoisotopic (exact) mass is 243 g/mol. The summed E-state index contributed by atoms with van der Waals surface area (Å²) in [5.74, 6) is 0.555. The fraction of sp³-hybridized carbons (Fsp3) is 0. The zero-order valence-electron chi connectivity index (χ0n) is 8.97. The average Bonchev–Trinajstić information content (AvgIpc) is 2.64. The van der Waals surface area contributed by atoms with Gasteiger partial charge in [0, 0.05) is 17.8 Å². The molecule has 2 heterocycles. The van der Waals surface area contributed by atoms with Crippen LogP contribution in [-0.4, -0.2) is 9.55 Å². The molecule has 2 aromatic heterocycles. The van der Waals surface area contributed by atoms with Crippen LogP contribution in [0.5, 0.6) is 0 Å². The Hall–Kier alpha value is -2.00. The van der Waals surface area contributed by atoms with E-state index in [1.165, 1.54) is 0 Å². The van der Waals surface area contributed by atoms with Gasteiger partial charge in [-0.05, 0) is 18.2 Å². The van der Waals surface area contributed by atoms with Crippen molar-refractivity contribution in [1.29, 1.82) is 0 Å². The van der Waals surface area contributed by atoms with Gasteiger partial charge >= 0.3 is 0 Å². The Morgan fingerprint density at radius 3 is 2.53 bits per heavy atom. The summed E-state index contributed by atoms with van der Waals surface area (Å²) in [5, 5.41) is 1.56. The first-order chi connectivity index (χ1) is 8.29. The molecule has 84 valence electrons. The lowest BCUT2D eigenvalue weighted by Crippen LogP contribution is -1.99. The summed E-state index contributed by atoms with van der Waals surface area (Å²) >= 11 is 6.24. The summed E-state index contributed by atoms with van der Waals surface area (Å²) in [6.45, 7) is 0. The van der Waals surface area contributed by atoms with E-state index in [1.54, 1.807) is 12.4 Å². The van der Waals surface area contributed by atoms with Gasteiger partial charge in [0.25, 0.3) is 0 Å². The highest BCUT2D eigenvalue weighted by Gasteiger charge is 2.13. The number of halogens is 1. The van der Waals surface area contributed by atoms with E-state index >= 15 is 0 Å². The van der Waals surface area contributed by atoms with Crippen molar-refractivity contribution in [2.45, 2.75) is 0 Å². The smallest absolute Gasteiger partial charge is 0.128 e. The third-order valence-electron chi connectivity index (χ3n) is 2.77. The van der Waals surface area contributed by atoms with E-state index in [0.29, 0.717) is 10.8 Å². The highest BCUT2D eigenvalue weighted by Crippen LogP contribution is 2.34. The third-order valence-corrected chi connectivity index (χ3v) is 3.17. The molecule has 3 nitrogen and oxygen atoms in total. The second-order valence-electron chi connectivity index (χ2n) is 3.76. The number of pyridine rings is 1. The minimum absolute atomic E-state index is 0.555. The van der Waals surface area contributed by atoms with Crippen molar-refractivity contribution in [3.63, 3.8) is 0 Å². The van der Waals surface area contributed by atoms with Gasteiger partial charge in [-0.15, -0.1) is 0 Å². The number of benzene rings is 1. The van der Waals surface area contributed by atoms with Gasteiger partial charge in [-0.25, -0.2) is 0 Å². The van der Waals surface area contributed by atoms with Gasteiger partial charge in [0.2, 0.25) is 0 Å². The molecule has 0 aliphatic heterocycles. The molecule has 3 aromatic rings. The van der Waals surface area contributed by atoms with Crippen molar-refractivity contribution in [3.05, 3.63) is 53.8 Å². The lowest BCUT2D eigenvalue weighted by molar-refractivity contribution is 1.12. The standard InChI is InChI=1S/C13H10ClN3/c14-12-10-3-1-2-4-11(10)17(13(12)15)9-5-7-16-8-6-9/h1-8H,15H2. The summed E-state index contributed by atoms with van der Waals surface area (Å²) < 4.78 is 1.93. The van der Waals surface area contributed by atoms with E-state index in [-0.39, 0.29) is 0 Å². The minimum Gasteiger partial charge on any atom is -0.384 e. The number of rotatable bonds is 1. The quantitative estimate of drug-likeness (QED) is 0.713. The van der Waals surface area contributed by atoms with Crippen LogP contribution in [0.15, 0.2) is 48.8 Å². The molecule has 0 unspecified atom stereocenters. The lowest BCUT2D eigenvalue weighted by atomic mass is 10.2. The normalized spacial score (nSPS) is 10.9. The molecule has 0 aliphatic rings. The lowest BCUT2D eigenvalue weighted by Gasteiger charge is -2.06. The fourth-order valence-electron chi connectivity index (χ4n) is 1.99. The topological polar surface area (TPSA) is 43.8 Å². The Morgan fingerprint density at radius 2 is 1.76 bits per heavy atom. The van der Waals surface area contributed by atoms with Crippen LogP contribution >= 0.6 is 11.6 Å². The number of nitrogens with zero attached hydrogens (tertiary/aromatic N) is 2. The van der Waals surface area contributed by atoms with E-state index in [0.717, 1.165) is 16.6 Å². The van der Waals surface area contributed by atoms with Gasteiger partial charge in [0.1, 0.15) is 5.82 Å². The number of aromatic nitrogens is 2. The van der Waals surface area contributed by atoms with Crippen molar-refractivity contribution in [2.24, 2.45) is 0 Å². The molecule has 0 amide bonds. The SMILES string of the molecule is Nc1c(Cl)c2ccccc2n1-c1ccncc1. The van der Waals surface area contributed by atoms with Gasteiger partial charge in [-0.1, -0.05) is 29.8 Å². The van der Waals surface area contributed by atoms with Gasteiger partial charge in [-0.3, -0.25) is 9.55 Å². The van der Waals surface area contributed by atoms with Crippen LogP contribution in [0.3, 0.4) is 0 Å². The Bertz CT molecular complexity index is 674. The van der Waals surface area contributed by atoms with E-state index in [1.807, 2.05) is 41.0 Å². The average molecular weight is 244 g/mol. The van der Waals surface area contributed by atoms with Gasteiger partial charge in [-0.2, -0.15) is 0 Å². The third kappa shape index (κ3) is 1.47. The number of hydrogen-bond donors (Lipinski definition) is 1. The Balaban J connectivity index is 2.41. The highest BCUT2D eigenvalue weighted by molar-refractivity contribution is 6.38. The Kier molecular flexibility index (Phi) is 2.27. The molecule has 0 bridgehead atoms. The second-order valence-corrected chi connectivity index (χ2v) is 4.14. The summed E-state index contributed by atoms with van der Waals surface area (Å²) in [5.41, 5.74) is 8.02. The minimum atomic E-state index is 0.555. The van der Waals surface area contributed by atoms with Crippen LogP contribution in [0.2, 0.25) is 5.02 Å². The molecule has 3 rings (SSSR count). The van der Waals surface area contributed by atoms with Crippen molar-refractivity contribution < 1.29 is 0 Å². The molecule has 0 aliphatic carbocycles. The van der Waals surface area contributed by atoms with Crippen LogP contribution in [0, 0.1) is 0 Å². The van der Waals surface area contributed by atoms with Crippen LogP contribution in [0.1, 0.15) is 0 Å². The zero-order chi connectivity index (χ0) is 11.8. The predicted octanol–water partition coefficient (Wildman–Crippen LogP) is 3.26. The molecule has 0 spiro atoms. The second kappa shape index (κ2) is 3.79. The number of anilines is 1. The zero-order valence-corrected chi connectivity index (χ0v) is 9.72. The summed E-state index contributed by atoms with van der Waals surface area (Å²) in [6.07, 6.45) is 3.47. The van der Waals surface area contributed by atoms with E-state index < -0.39 is 0 Å². The maximum Gasteiger partial charge on any atom is 0.128 e. The van der Waals surface area contributed by atoms with E-state index in [4.69, 9.17) is 17.3 Å². The number of nitrogen functional groups attached to an aromatic ring is 1. The van der Waals surface area contributed by atoms with Gasteiger partial charge in [0.15, 0.2) is 0 Å². The molecule has 0 saturated carbocycles. The fourth-order valence-corrected chi connectivity index (χ4v) is 2.24. The first-order valence-corrected chi connectivity index (χ1v) is 5.61. The highest BCUT2D eigenvalue weighted by atomic mass is 35.5. The van der Waals surface area contributed by atoms with Crippen LogP contribution in [-0.2, 0) is 0 Å². The molecule has 0 fully saturated rings. The van der Waals surface area contributed by atoms with E-state index in [2.05, 4.69) is 4.98 Å². The Morgan fingerprint density at radius 1 is 1.06 bits per heavy atom. The number of para-hydroxylation sites is 1. The molecule has 4 heteroatoms. The Labute approximate surface area is 103 Å². The van der Waals surface area contributed by atoms with Crippen molar-refractivity contribution in [3.8, 4) is 5.69 Å². The van der Waals surface area contributed by atoms with Crippen molar-refractivity contribution in [2.75, 3.05) is 5.73 Å².